The van der Waals surface area contributed by atoms with Gasteiger partial charge in [0.2, 0.25) is 5.82 Å². The number of ether oxygens (including phenoxy) is 1. The summed E-state index contributed by atoms with van der Waals surface area (Å²) in [6.45, 7) is 1.61. The van der Waals surface area contributed by atoms with Crippen LogP contribution in [0.3, 0.4) is 0 Å². The molecule has 1 aliphatic heterocycles. The van der Waals surface area contributed by atoms with Crippen LogP contribution in [0, 0.1) is 11.6 Å². The second-order valence-corrected chi connectivity index (χ2v) is 5.57. The molecule has 0 fully saturated rings. The van der Waals surface area contributed by atoms with Crippen molar-refractivity contribution in [3.63, 3.8) is 0 Å². The predicted molar refractivity (Wildman–Crippen MR) is 60.3 cm³/mol. The molecule has 1 aromatic rings. The van der Waals surface area contributed by atoms with E-state index in [1.165, 1.54) is 6.07 Å². The summed E-state index contributed by atoms with van der Waals surface area (Å²) in [4.78, 5) is 0. The first kappa shape index (κ1) is 13.0. The molecule has 2 atom stereocenters. The van der Waals surface area contributed by atoms with Crippen LogP contribution in [-0.4, -0.2) is 30.9 Å². The van der Waals surface area contributed by atoms with Crippen LogP contribution < -0.4 is 10.1 Å². The third kappa shape index (κ3) is 2.54. The Bertz CT molecular complexity index is 575. The molecule has 2 rings (SSSR count). The Hall–Kier alpha value is -1.41. The highest BCUT2D eigenvalue weighted by Crippen LogP contribution is 2.35. The van der Waals surface area contributed by atoms with E-state index >= 15 is 0 Å². The van der Waals surface area contributed by atoms with Gasteiger partial charge in [-0.3, -0.25) is 4.55 Å². The molecule has 1 aromatic carbocycles. The minimum absolute atomic E-state index is 0.244. The summed E-state index contributed by atoms with van der Waals surface area (Å²) in [7, 11) is -4.26. The molecule has 1 unspecified atom stereocenters. The third-order valence-electron chi connectivity index (χ3n) is 2.63. The zero-order valence-corrected chi connectivity index (χ0v) is 10.2. The zero-order chi connectivity index (χ0) is 13.5. The van der Waals surface area contributed by atoms with Gasteiger partial charge in [0.25, 0.3) is 10.1 Å². The molecule has 2 N–H and O–H groups in total. The molecule has 1 heterocycles. The number of hydrogen-bond donors (Lipinski definition) is 2. The van der Waals surface area contributed by atoms with Crippen molar-refractivity contribution in [3.05, 3.63) is 23.8 Å². The Labute approximate surface area is 103 Å². The quantitative estimate of drug-likeness (QED) is 0.801. The Morgan fingerprint density at radius 2 is 2.11 bits per heavy atom. The first-order chi connectivity index (χ1) is 8.28. The Morgan fingerprint density at radius 3 is 2.72 bits per heavy atom. The number of halogens is 2. The minimum Gasteiger partial charge on any atom is -0.482 e. The van der Waals surface area contributed by atoms with Gasteiger partial charge in [0, 0.05) is 0 Å². The van der Waals surface area contributed by atoms with Crippen LogP contribution in [0.4, 0.5) is 14.5 Å². The van der Waals surface area contributed by atoms with E-state index in [0.717, 1.165) is 6.07 Å². The van der Waals surface area contributed by atoms with E-state index in [1.807, 2.05) is 0 Å². The fraction of sp³-hybridized carbons (Fsp3) is 0.400. The highest BCUT2D eigenvalue weighted by atomic mass is 32.2. The molecule has 1 aliphatic rings. The largest absolute Gasteiger partial charge is 0.482 e. The Balaban J connectivity index is 2.34. The number of anilines is 1. The summed E-state index contributed by atoms with van der Waals surface area (Å²) in [5.74, 6) is -3.35. The van der Waals surface area contributed by atoms with Crippen molar-refractivity contribution in [1.29, 1.82) is 0 Å². The maximum absolute atomic E-state index is 13.5. The number of rotatable bonds is 2. The average molecular weight is 279 g/mol. The van der Waals surface area contributed by atoms with Crippen molar-refractivity contribution in [3.8, 4) is 5.75 Å². The summed E-state index contributed by atoms with van der Waals surface area (Å²) in [6, 6.07) is 1.78. The topological polar surface area (TPSA) is 75.6 Å². The lowest BCUT2D eigenvalue weighted by Gasteiger charge is -2.32. The first-order valence-electron chi connectivity index (χ1n) is 5.14. The molecule has 18 heavy (non-hydrogen) atoms. The average Bonchev–Trinajstić information content (AvgIpc) is 2.24. The fourth-order valence-corrected chi connectivity index (χ4v) is 2.51. The van der Waals surface area contributed by atoms with Gasteiger partial charge in [0.15, 0.2) is 11.6 Å². The van der Waals surface area contributed by atoms with Gasteiger partial charge in [-0.2, -0.15) is 12.8 Å². The van der Waals surface area contributed by atoms with E-state index in [1.54, 1.807) is 6.92 Å². The highest BCUT2D eigenvalue weighted by Gasteiger charge is 2.32. The van der Waals surface area contributed by atoms with Gasteiger partial charge in [0.1, 0.15) is 11.9 Å². The van der Waals surface area contributed by atoms with E-state index in [0.29, 0.717) is 0 Å². The van der Waals surface area contributed by atoms with Crippen LogP contribution in [0.15, 0.2) is 12.1 Å². The molecule has 0 bridgehead atoms. The van der Waals surface area contributed by atoms with Gasteiger partial charge in [-0.15, -0.1) is 0 Å². The minimum atomic E-state index is -4.26. The van der Waals surface area contributed by atoms with E-state index < -0.39 is 39.7 Å². The second kappa shape index (κ2) is 4.36. The van der Waals surface area contributed by atoms with Gasteiger partial charge in [-0.25, -0.2) is 4.39 Å². The van der Waals surface area contributed by atoms with E-state index in [2.05, 4.69) is 5.32 Å². The van der Waals surface area contributed by atoms with Crippen molar-refractivity contribution in [2.24, 2.45) is 0 Å². The number of nitrogens with one attached hydrogen (secondary N) is 1. The lowest BCUT2D eigenvalue weighted by Crippen LogP contribution is -2.44. The van der Waals surface area contributed by atoms with E-state index in [-0.39, 0.29) is 11.4 Å². The van der Waals surface area contributed by atoms with Gasteiger partial charge in [-0.05, 0) is 19.1 Å². The van der Waals surface area contributed by atoms with Crippen molar-refractivity contribution in [2.45, 2.75) is 19.1 Å². The molecule has 0 amide bonds. The lowest BCUT2D eigenvalue weighted by molar-refractivity contribution is 0.182. The molecule has 0 radical (unpaired) electrons. The predicted octanol–water partition coefficient (Wildman–Crippen LogP) is 1.41. The van der Waals surface area contributed by atoms with Gasteiger partial charge in [0.05, 0.1) is 11.7 Å². The van der Waals surface area contributed by atoms with Crippen molar-refractivity contribution in [1.82, 2.24) is 0 Å². The molecule has 5 nitrogen and oxygen atoms in total. The molecule has 100 valence electrons. The van der Waals surface area contributed by atoms with Crippen molar-refractivity contribution < 1.29 is 26.5 Å². The molecule has 0 saturated heterocycles. The lowest BCUT2D eigenvalue weighted by atomic mass is 10.1. The van der Waals surface area contributed by atoms with Crippen LogP contribution in [0.2, 0.25) is 0 Å². The monoisotopic (exact) mass is 279 g/mol. The summed E-state index contributed by atoms with van der Waals surface area (Å²) >= 11 is 0. The Kier molecular flexibility index (Phi) is 3.16. The highest BCUT2D eigenvalue weighted by molar-refractivity contribution is 7.85. The zero-order valence-electron chi connectivity index (χ0n) is 9.35. The van der Waals surface area contributed by atoms with Crippen LogP contribution >= 0.6 is 0 Å². The normalized spacial score (nSPS) is 22.9. The summed E-state index contributed by atoms with van der Waals surface area (Å²) in [5.41, 5.74) is 0.244. The molecule has 0 aromatic heterocycles. The molecule has 0 saturated carbocycles. The SMILES string of the molecule is C[C@@H]1Nc2ccc(F)c(F)c2OC1CS(=O)(=O)O. The number of fused-ring (bicyclic) bond motifs is 1. The molecular weight excluding hydrogens is 268 g/mol. The number of hydrogen-bond acceptors (Lipinski definition) is 4. The van der Waals surface area contributed by atoms with Gasteiger partial charge in [-0.1, -0.05) is 0 Å². The van der Waals surface area contributed by atoms with Crippen LogP contribution in [0.25, 0.3) is 0 Å². The van der Waals surface area contributed by atoms with E-state index in [9.17, 15) is 17.2 Å². The number of benzene rings is 1. The standard InChI is InChI=1S/C10H11F2NO4S/c1-5-8(4-18(14,15)16)17-10-7(13-5)3-2-6(11)9(10)12/h2-3,5,8,13H,4H2,1H3,(H,14,15,16)/t5-,8?/m0/s1. The summed E-state index contributed by atoms with van der Waals surface area (Å²) < 4.78 is 61.9. The third-order valence-corrected chi connectivity index (χ3v) is 3.38. The van der Waals surface area contributed by atoms with Gasteiger partial charge < -0.3 is 10.1 Å². The van der Waals surface area contributed by atoms with Crippen molar-refractivity contribution >= 4 is 15.8 Å². The summed E-state index contributed by atoms with van der Waals surface area (Å²) in [5, 5.41) is 2.79. The first-order valence-corrected chi connectivity index (χ1v) is 6.75. The van der Waals surface area contributed by atoms with Crippen LogP contribution in [-0.2, 0) is 10.1 Å². The molecule has 8 heteroatoms. The fourth-order valence-electron chi connectivity index (χ4n) is 1.74. The molecular formula is C10H11F2NO4S. The second-order valence-electron chi connectivity index (χ2n) is 4.08. The smallest absolute Gasteiger partial charge is 0.268 e. The van der Waals surface area contributed by atoms with Crippen LogP contribution in [0.5, 0.6) is 5.75 Å². The van der Waals surface area contributed by atoms with Gasteiger partial charge >= 0.3 is 0 Å². The Morgan fingerprint density at radius 1 is 1.44 bits per heavy atom. The van der Waals surface area contributed by atoms with Crippen LogP contribution in [0.1, 0.15) is 6.92 Å². The maximum Gasteiger partial charge on any atom is 0.268 e. The summed E-state index contributed by atoms with van der Waals surface area (Å²) in [6.07, 6.45) is -0.996. The maximum atomic E-state index is 13.5. The van der Waals surface area contributed by atoms with E-state index in [4.69, 9.17) is 9.29 Å². The molecule has 0 aliphatic carbocycles. The molecule has 0 spiro atoms. The van der Waals surface area contributed by atoms with Crippen molar-refractivity contribution in [2.75, 3.05) is 11.1 Å².